The van der Waals surface area contributed by atoms with E-state index in [-0.39, 0.29) is 25.1 Å². The average Bonchev–Trinajstić information content (AvgIpc) is 2.54. The molecule has 0 bridgehead atoms. The highest BCUT2D eigenvalue weighted by molar-refractivity contribution is 5.85. The maximum absolute atomic E-state index is 9.74. The zero-order valence-corrected chi connectivity index (χ0v) is 15.0. The largest absolute Gasteiger partial charge is 0.394 e. The van der Waals surface area contributed by atoms with E-state index in [2.05, 4.69) is 39.8 Å². The van der Waals surface area contributed by atoms with Crippen molar-refractivity contribution in [2.45, 2.75) is 37.9 Å². The van der Waals surface area contributed by atoms with Crippen molar-refractivity contribution in [1.82, 2.24) is 14.8 Å². The molecule has 0 unspecified atom stereocenters. The molecule has 6 heteroatoms. The minimum absolute atomic E-state index is 0. The molecule has 0 aliphatic carbocycles. The maximum atomic E-state index is 9.74. The number of hydrogen-bond acceptors (Lipinski definition) is 5. The van der Waals surface area contributed by atoms with Crippen LogP contribution in [0, 0.1) is 0 Å². The van der Waals surface area contributed by atoms with E-state index >= 15 is 0 Å². The first-order valence-corrected chi connectivity index (χ1v) is 8.39. The number of pyridine rings is 1. The summed E-state index contributed by atoms with van der Waals surface area (Å²) in [6.07, 6.45) is 5.33. The molecule has 2 aliphatic rings. The Bertz CT molecular complexity index is 493. The summed E-state index contributed by atoms with van der Waals surface area (Å²) in [6, 6.07) is 5.02. The van der Waals surface area contributed by atoms with Crippen molar-refractivity contribution in [1.29, 1.82) is 0 Å². The van der Waals surface area contributed by atoms with Crippen LogP contribution in [0.3, 0.4) is 0 Å². The Kier molecular flexibility index (Phi) is 6.65. The molecule has 1 aromatic rings. The molecule has 1 fully saturated rings. The number of likely N-dealkylation sites (tertiary alicyclic amines) is 1. The number of hydrogen-bond donors (Lipinski definition) is 1. The molecule has 1 N–H and O–H groups in total. The molecule has 0 amide bonds. The highest BCUT2D eigenvalue weighted by Crippen LogP contribution is 2.27. The molecule has 0 aromatic carbocycles. The van der Waals surface area contributed by atoms with Crippen molar-refractivity contribution >= 4 is 18.2 Å². The van der Waals surface area contributed by atoms with Gasteiger partial charge in [0.05, 0.1) is 12.6 Å². The van der Waals surface area contributed by atoms with E-state index in [9.17, 15) is 5.11 Å². The van der Waals surface area contributed by atoms with Crippen molar-refractivity contribution in [3.63, 3.8) is 0 Å². The summed E-state index contributed by atoms with van der Waals surface area (Å²) in [7, 11) is 4.26. The highest BCUT2D eigenvalue weighted by atomic mass is 35.5. The Morgan fingerprint density at radius 1 is 1.17 bits per heavy atom. The van der Waals surface area contributed by atoms with Crippen LogP contribution in [0.25, 0.3) is 0 Å². The van der Waals surface area contributed by atoms with Crippen LogP contribution in [0.5, 0.6) is 0 Å². The van der Waals surface area contributed by atoms with E-state index in [4.69, 9.17) is 0 Å². The number of likely N-dealkylation sites (N-methyl/N-ethyl adjacent to an activating group) is 1. The van der Waals surface area contributed by atoms with Gasteiger partial charge in [-0.15, -0.1) is 12.4 Å². The average molecular weight is 341 g/mol. The summed E-state index contributed by atoms with van der Waals surface area (Å²) in [5, 5.41) is 9.74. The van der Waals surface area contributed by atoms with Crippen molar-refractivity contribution in [3.8, 4) is 0 Å². The van der Waals surface area contributed by atoms with Gasteiger partial charge in [0, 0.05) is 37.9 Å². The van der Waals surface area contributed by atoms with Gasteiger partial charge in [0.2, 0.25) is 0 Å². The zero-order valence-electron chi connectivity index (χ0n) is 14.2. The van der Waals surface area contributed by atoms with Gasteiger partial charge in [0.25, 0.3) is 0 Å². The molecule has 0 spiro atoms. The summed E-state index contributed by atoms with van der Waals surface area (Å²) in [5.74, 6) is 1.03. The number of piperidine rings is 1. The van der Waals surface area contributed by atoms with E-state index in [1.54, 1.807) is 0 Å². The Morgan fingerprint density at radius 3 is 2.61 bits per heavy atom. The molecule has 23 heavy (non-hydrogen) atoms. The number of anilines is 1. The first-order valence-electron chi connectivity index (χ1n) is 8.39. The second kappa shape index (κ2) is 8.29. The van der Waals surface area contributed by atoms with E-state index in [0.29, 0.717) is 6.04 Å². The Morgan fingerprint density at radius 2 is 1.91 bits per heavy atom. The third kappa shape index (κ3) is 4.15. The van der Waals surface area contributed by atoms with Crippen LogP contribution >= 0.6 is 12.4 Å². The van der Waals surface area contributed by atoms with Gasteiger partial charge in [-0.05, 0) is 45.5 Å². The van der Waals surface area contributed by atoms with Gasteiger partial charge < -0.3 is 14.9 Å². The summed E-state index contributed by atoms with van der Waals surface area (Å²) in [4.78, 5) is 11.8. The van der Waals surface area contributed by atoms with Crippen molar-refractivity contribution in [3.05, 3.63) is 23.9 Å². The molecule has 3 rings (SSSR count). The van der Waals surface area contributed by atoms with E-state index in [1.165, 1.54) is 31.5 Å². The SMILES string of the molecule is CN1CCC(N2CC[C@@H](CO)N(C)c3ncccc3C2)CC1.Cl. The first kappa shape index (κ1) is 18.5. The topological polar surface area (TPSA) is 42.8 Å². The normalized spacial score (nSPS) is 24.5. The Balaban J connectivity index is 0.00000192. The van der Waals surface area contributed by atoms with Gasteiger partial charge in [-0.25, -0.2) is 4.98 Å². The van der Waals surface area contributed by atoms with Crippen LogP contribution in [0.1, 0.15) is 24.8 Å². The fraction of sp³-hybridized carbons (Fsp3) is 0.706. The minimum atomic E-state index is 0. The van der Waals surface area contributed by atoms with Crippen LogP contribution in [0.15, 0.2) is 18.3 Å². The van der Waals surface area contributed by atoms with Crippen LogP contribution in [0.2, 0.25) is 0 Å². The second-order valence-electron chi connectivity index (χ2n) is 6.73. The lowest BCUT2D eigenvalue weighted by molar-refractivity contribution is 0.105. The van der Waals surface area contributed by atoms with Gasteiger partial charge in [-0.2, -0.15) is 0 Å². The highest BCUT2D eigenvalue weighted by Gasteiger charge is 2.28. The number of nitrogens with zero attached hydrogens (tertiary/aromatic N) is 4. The quantitative estimate of drug-likeness (QED) is 0.886. The summed E-state index contributed by atoms with van der Waals surface area (Å²) >= 11 is 0. The van der Waals surface area contributed by atoms with Crippen LogP contribution in [0.4, 0.5) is 5.82 Å². The monoisotopic (exact) mass is 340 g/mol. The summed E-state index contributed by atoms with van der Waals surface area (Å²) in [5.41, 5.74) is 1.28. The molecule has 1 aromatic heterocycles. The van der Waals surface area contributed by atoms with Gasteiger partial charge in [0.15, 0.2) is 0 Å². The Labute approximate surface area is 145 Å². The maximum Gasteiger partial charge on any atom is 0.133 e. The fourth-order valence-corrected chi connectivity index (χ4v) is 3.74. The molecule has 1 atom stereocenters. The van der Waals surface area contributed by atoms with Gasteiger partial charge in [-0.1, -0.05) is 6.07 Å². The van der Waals surface area contributed by atoms with Crippen molar-refractivity contribution < 1.29 is 5.11 Å². The minimum Gasteiger partial charge on any atom is -0.394 e. The molecule has 5 nitrogen and oxygen atoms in total. The predicted molar refractivity (Wildman–Crippen MR) is 96.3 cm³/mol. The lowest BCUT2D eigenvalue weighted by Gasteiger charge is -2.41. The number of rotatable bonds is 2. The second-order valence-corrected chi connectivity index (χ2v) is 6.73. The lowest BCUT2D eigenvalue weighted by atomic mass is 10.00. The van der Waals surface area contributed by atoms with E-state index in [1.807, 2.05) is 12.3 Å². The van der Waals surface area contributed by atoms with Gasteiger partial charge in [0.1, 0.15) is 5.82 Å². The standard InChI is InChI=1S/C17H28N4O.ClH/c1-19-9-5-15(6-10-19)21-11-7-16(13-22)20(2)17-14(12-21)4-3-8-18-17;/h3-4,8,15-16,22H,5-7,9-13H2,1-2H3;1H/t16-;/m0./s1. The van der Waals surface area contributed by atoms with E-state index < -0.39 is 0 Å². The molecule has 3 heterocycles. The molecular weight excluding hydrogens is 312 g/mol. The number of aliphatic hydroxyl groups is 1. The molecular formula is C17H29ClN4O. The van der Waals surface area contributed by atoms with E-state index in [0.717, 1.165) is 25.3 Å². The third-order valence-corrected chi connectivity index (χ3v) is 5.29. The molecule has 1 saturated heterocycles. The number of aliphatic hydroxyl groups excluding tert-OH is 1. The van der Waals surface area contributed by atoms with Crippen molar-refractivity contribution in [2.75, 3.05) is 45.2 Å². The van der Waals surface area contributed by atoms with Gasteiger partial charge in [-0.3, -0.25) is 4.90 Å². The zero-order chi connectivity index (χ0) is 15.5. The lowest BCUT2D eigenvalue weighted by Crippen LogP contribution is -2.47. The summed E-state index contributed by atoms with van der Waals surface area (Å²) < 4.78 is 0. The summed E-state index contributed by atoms with van der Waals surface area (Å²) in [6.45, 7) is 4.58. The number of aromatic nitrogens is 1. The fourth-order valence-electron chi connectivity index (χ4n) is 3.74. The Hall–Kier alpha value is -0.880. The molecule has 130 valence electrons. The number of halogens is 1. The molecule has 0 radical (unpaired) electrons. The third-order valence-electron chi connectivity index (χ3n) is 5.29. The predicted octanol–water partition coefficient (Wildman–Crippen LogP) is 1.60. The molecule has 2 aliphatic heterocycles. The van der Waals surface area contributed by atoms with Crippen molar-refractivity contribution in [2.24, 2.45) is 0 Å². The smallest absolute Gasteiger partial charge is 0.133 e. The molecule has 0 saturated carbocycles. The van der Waals surface area contributed by atoms with Crippen LogP contribution in [-0.2, 0) is 6.54 Å². The van der Waals surface area contributed by atoms with Crippen LogP contribution in [-0.4, -0.2) is 72.3 Å². The first-order chi connectivity index (χ1) is 10.7. The van der Waals surface area contributed by atoms with Gasteiger partial charge >= 0.3 is 0 Å². The number of fused-ring (bicyclic) bond motifs is 1. The van der Waals surface area contributed by atoms with Crippen LogP contribution < -0.4 is 4.90 Å².